The van der Waals surface area contributed by atoms with E-state index in [1.165, 1.54) is 11.2 Å². The van der Waals surface area contributed by atoms with E-state index in [4.69, 9.17) is 9.15 Å². The van der Waals surface area contributed by atoms with Crippen LogP contribution in [0.3, 0.4) is 0 Å². The number of furan rings is 1. The van der Waals surface area contributed by atoms with Crippen molar-refractivity contribution in [2.45, 2.75) is 26.4 Å². The summed E-state index contributed by atoms with van der Waals surface area (Å²) >= 11 is 0. The van der Waals surface area contributed by atoms with Crippen LogP contribution in [0, 0.1) is 5.92 Å². The first-order valence-electron chi connectivity index (χ1n) is 10.4. The number of likely N-dealkylation sites (tertiary alicyclic amines) is 1. The fourth-order valence-corrected chi connectivity index (χ4v) is 3.63. The molecule has 7 nitrogen and oxygen atoms in total. The largest absolute Gasteiger partial charge is 0.507 e. The van der Waals surface area contributed by atoms with Gasteiger partial charge in [0.1, 0.15) is 17.3 Å². The van der Waals surface area contributed by atoms with Crippen molar-refractivity contribution in [1.82, 2.24) is 9.88 Å². The van der Waals surface area contributed by atoms with E-state index in [2.05, 4.69) is 18.8 Å². The second-order valence-electron chi connectivity index (χ2n) is 8.02. The van der Waals surface area contributed by atoms with Crippen molar-refractivity contribution in [3.05, 3.63) is 89.6 Å². The van der Waals surface area contributed by atoms with Crippen LogP contribution in [0.5, 0.6) is 5.75 Å². The molecule has 0 saturated carbocycles. The Balaban J connectivity index is 1.73. The number of nitrogens with zero attached hydrogens (tertiary/aromatic N) is 2. The number of Topliss-reactive ketones (excluding diaryl/α,β-unsaturated/α-hetero) is 1. The van der Waals surface area contributed by atoms with Gasteiger partial charge in [-0.15, -0.1) is 0 Å². The Morgan fingerprint density at radius 2 is 1.94 bits per heavy atom. The van der Waals surface area contributed by atoms with Crippen LogP contribution >= 0.6 is 0 Å². The Kier molecular flexibility index (Phi) is 6.07. The number of amides is 1. The quantitative estimate of drug-likeness (QED) is 0.339. The first kappa shape index (κ1) is 21.4. The highest BCUT2D eigenvalue weighted by Crippen LogP contribution is 2.40. The van der Waals surface area contributed by atoms with Crippen LogP contribution in [0.2, 0.25) is 0 Å². The predicted octanol–water partition coefficient (Wildman–Crippen LogP) is 4.33. The topological polar surface area (TPSA) is 92.9 Å². The molecule has 32 heavy (non-hydrogen) atoms. The van der Waals surface area contributed by atoms with E-state index in [1.807, 2.05) is 0 Å². The van der Waals surface area contributed by atoms with Crippen molar-refractivity contribution in [3.63, 3.8) is 0 Å². The summed E-state index contributed by atoms with van der Waals surface area (Å²) in [6.07, 6.45) is 4.70. The summed E-state index contributed by atoms with van der Waals surface area (Å²) in [5.41, 5.74) is 1.06. The van der Waals surface area contributed by atoms with Crippen molar-refractivity contribution in [1.29, 1.82) is 0 Å². The summed E-state index contributed by atoms with van der Waals surface area (Å²) in [6.45, 7) is 4.78. The number of rotatable bonds is 7. The highest BCUT2D eigenvalue weighted by atomic mass is 16.5. The molecule has 3 aromatic rings. The van der Waals surface area contributed by atoms with Crippen molar-refractivity contribution in [3.8, 4) is 5.75 Å². The maximum Gasteiger partial charge on any atom is 0.296 e. The number of ether oxygens (including phenoxy) is 1. The molecule has 164 valence electrons. The monoisotopic (exact) mass is 432 g/mol. The van der Waals surface area contributed by atoms with Crippen molar-refractivity contribution in [2.75, 3.05) is 6.61 Å². The molecule has 4 rings (SSSR count). The van der Waals surface area contributed by atoms with Gasteiger partial charge < -0.3 is 19.2 Å². The predicted molar refractivity (Wildman–Crippen MR) is 118 cm³/mol. The number of hydrogen-bond acceptors (Lipinski definition) is 6. The van der Waals surface area contributed by atoms with Gasteiger partial charge in [-0.3, -0.25) is 14.6 Å². The number of aliphatic hydroxyl groups excluding tert-OH is 1. The van der Waals surface area contributed by atoms with Crippen LogP contribution < -0.4 is 4.74 Å². The zero-order valence-electron chi connectivity index (χ0n) is 17.9. The maximum absolute atomic E-state index is 13.0. The molecular formula is C25H24N2O5. The maximum atomic E-state index is 13.0. The third-order valence-corrected chi connectivity index (χ3v) is 5.16. The summed E-state index contributed by atoms with van der Waals surface area (Å²) in [5.74, 6) is -0.108. The van der Waals surface area contributed by atoms with E-state index < -0.39 is 17.7 Å². The number of aromatic nitrogens is 1. The Labute approximate surface area is 186 Å². The van der Waals surface area contributed by atoms with Crippen molar-refractivity contribution < 1.29 is 23.8 Å². The molecule has 0 radical (unpaired) electrons. The SMILES string of the molecule is CC(C)COc1ccc(/C(O)=C2/C(=O)C(=O)N(Cc3ccco3)C2c2cccnc2)cc1. The summed E-state index contributed by atoms with van der Waals surface area (Å²) in [5, 5.41) is 11.1. The highest BCUT2D eigenvalue weighted by Gasteiger charge is 2.46. The van der Waals surface area contributed by atoms with E-state index in [0.29, 0.717) is 35.2 Å². The average molecular weight is 432 g/mol. The minimum atomic E-state index is -0.786. The normalized spacial score (nSPS) is 17.8. The Morgan fingerprint density at radius 3 is 2.56 bits per heavy atom. The van der Waals surface area contributed by atoms with Crippen LogP contribution in [0.4, 0.5) is 0 Å². The van der Waals surface area contributed by atoms with Crippen LogP contribution in [0.1, 0.15) is 36.8 Å². The lowest BCUT2D eigenvalue weighted by molar-refractivity contribution is -0.140. The number of benzene rings is 1. The lowest BCUT2D eigenvalue weighted by Gasteiger charge is -2.24. The molecule has 1 N–H and O–H groups in total. The number of carbonyl (C=O) groups excluding carboxylic acids is 2. The first-order valence-corrected chi connectivity index (χ1v) is 10.4. The van der Waals surface area contributed by atoms with Crippen molar-refractivity contribution in [2.24, 2.45) is 5.92 Å². The summed E-state index contributed by atoms with van der Waals surface area (Å²) in [6, 6.07) is 13.0. The van der Waals surface area contributed by atoms with Gasteiger partial charge >= 0.3 is 0 Å². The molecule has 1 fully saturated rings. The number of pyridine rings is 1. The lowest BCUT2D eigenvalue weighted by atomic mass is 9.96. The number of hydrogen-bond donors (Lipinski definition) is 1. The molecule has 1 saturated heterocycles. The minimum Gasteiger partial charge on any atom is -0.507 e. The molecule has 7 heteroatoms. The zero-order valence-corrected chi connectivity index (χ0v) is 17.9. The summed E-state index contributed by atoms with van der Waals surface area (Å²) in [7, 11) is 0. The second kappa shape index (κ2) is 9.09. The van der Waals surface area contributed by atoms with Gasteiger partial charge in [0, 0.05) is 18.0 Å². The van der Waals surface area contributed by atoms with Gasteiger partial charge in [0.2, 0.25) is 0 Å². The molecule has 0 spiro atoms. The van der Waals surface area contributed by atoms with Crippen LogP contribution in [-0.4, -0.2) is 33.3 Å². The standard InChI is InChI=1S/C25H24N2O5/c1-16(2)15-32-19-9-7-17(8-10-19)23(28)21-22(18-5-3-11-26-13-18)27(25(30)24(21)29)14-20-6-4-12-31-20/h3-13,16,22,28H,14-15H2,1-2H3/b23-21-. The van der Waals surface area contributed by atoms with E-state index in [0.717, 1.165) is 0 Å². The second-order valence-corrected chi connectivity index (χ2v) is 8.02. The van der Waals surface area contributed by atoms with E-state index in [-0.39, 0.29) is 17.9 Å². The fraction of sp³-hybridized carbons (Fsp3) is 0.240. The Morgan fingerprint density at radius 1 is 1.16 bits per heavy atom. The molecule has 1 aliphatic heterocycles. The van der Waals surface area contributed by atoms with Gasteiger partial charge in [0.05, 0.1) is 31.0 Å². The van der Waals surface area contributed by atoms with E-state index >= 15 is 0 Å². The van der Waals surface area contributed by atoms with Crippen molar-refractivity contribution >= 4 is 17.4 Å². The molecule has 2 aromatic heterocycles. The smallest absolute Gasteiger partial charge is 0.296 e. The van der Waals surface area contributed by atoms with Crippen LogP contribution in [-0.2, 0) is 16.1 Å². The molecule has 1 unspecified atom stereocenters. The Bertz CT molecular complexity index is 1120. The van der Waals surface area contributed by atoms with E-state index in [9.17, 15) is 14.7 Å². The molecule has 3 heterocycles. The number of carbonyl (C=O) groups is 2. The van der Waals surface area contributed by atoms with Gasteiger partial charge in [-0.25, -0.2) is 0 Å². The molecule has 1 aromatic carbocycles. The molecular weight excluding hydrogens is 408 g/mol. The van der Waals surface area contributed by atoms with E-state index in [1.54, 1.807) is 60.9 Å². The zero-order chi connectivity index (χ0) is 22.7. The van der Waals surface area contributed by atoms with Gasteiger partial charge in [0.15, 0.2) is 0 Å². The fourth-order valence-electron chi connectivity index (χ4n) is 3.63. The van der Waals surface area contributed by atoms with Gasteiger partial charge in [-0.2, -0.15) is 0 Å². The molecule has 1 amide bonds. The Hall–Kier alpha value is -3.87. The average Bonchev–Trinajstić information content (AvgIpc) is 3.40. The van der Waals surface area contributed by atoms with Crippen LogP contribution in [0.25, 0.3) is 5.76 Å². The van der Waals surface area contributed by atoms with Crippen LogP contribution in [0.15, 0.2) is 77.2 Å². The number of aliphatic hydroxyl groups is 1. The number of ketones is 1. The summed E-state index contributed by atoms with van der Waals surface area (Å²) < 4.78 is 11.1. The molecule has 1 aliphatic rings. The minimum absolute atomic E-state index is 0.0189. The third kappa shape index (κ3) is 4.27. The molecule has 1 atom stereocenters. The van der Waals surface area contributed by atoms with Gasteiger partial charge in [0.25, 0.3) is 11.7 Å². The summed E-state index contributed by atoms with van der Waals surface area (Å²) in [4.78, 5) is 31.4. The molecule has 0 aliphatic carbocycles. The first-order chi connectivity index (χ1) is 15.5. The third-order valence-electron chi connectivity index (χ3n) is 5.16. The lowest BCUT2D eigenvalue weighted by Crippen LogP contribution is -2.29. The molecule has 0 bridgehead atoms. The van der Waals surface area contributed by atoms with Gasteiger partial charge in [-0.05, 0) is 53.9 Å². The highest BCUT2D eigenvalue weighted by molar-refractivity contribution is 6.46. The van der Waals surface area contributed by atoms with Gasteiger partial charge in [-0.1, -0.05) is 19.9 Å².